The van der Waals surface area contributed by atoms with E-state index in [1.807, 2.05) is 44.3 Å². The summed E-state index contributed by atoms with van der Waals surface area (Å²) in [6.45, 7) is 1.84. The highest BCUT2D eigenvalue weighted by atomic mass is 16.1. The molecular weight excluding hydrogens is 240 g/mol. The van der Waals surface area contributed by atoms with Crippen molar-refractivity contribution in [1.82, 2.24) is 20.0 Å². The molecule has 1 N–H and O–H groups in total. The first-order chi connectivity index (χ1) is 9.16. The molecular formula is C14H14N4O. The molecule has 5 heteroatoms. The van der Waals surface area contributed by atoms with Crippen LogP contribution in [0, 0.1) is 6.92 Å². The molecule has 0 fully saturated rings. The molecule has 0 atom stereocenters. The molecule has 2 aromatic heterocycles. The van der Waals surface area contributed by atoms with Gasteiger partial charge in [-0.05, 0) is 12.5 Å². The van der Waals surface area contributed by atoms with Crippen molar-refractivity contribution in [2.45, 2.75) is 13.3 Å². The lowest BCUT2D eigenvalue weighted by molar-refractivity contribution is 0.773. The number of rotatable bonds is 2. The van der Waals surface area contributed by atoms with E-state index in [2.05, 4.69) is 15.3 Å². The van der Waals surface area contributed by atoms with Crippen molar-refractivity contribution in [2.24, 2.45) is 7.05 Å². The van der Waals surface area contributed by atoms with Crippen molar-refractivity contribution in [2.75, 3.05) is 0 Å². The summed E-state index contributed by atoms with van der Waals surface area (Å²) in [7, 11) is 1.84. The molecule has 0 aliphatic carbocycles. The number of nitrogens with one attached hydrogen (secondary N) is 1. The van der Waals surface area contributed by atoms with Crippen molar-refractivity contribution in [3.8, 4) is 0 Å². The van der Waals surface area contributed by atoms with Gasteiger partial charge in [-0.3, -0.25) is 9.48 Å². The highest BCUT2D eigenvalue weighted by molar-refractivity contribution is 5.82. The molecule has 5 nitrogen and oxygen atoms in total. The second-order valence-corrected chi connectivity index (χ2v) is 4.59. The van der Waals surface area contributed by atoms with Gasteiger partial charge in [0.15, 0.2) is 0 Å². The third-order valence-corrected chi connectivity index (χ3v) is 3.23. The van der Waals surface area contributed by atoms with Crippen LogP contribution in [0.3, 0.4) is 0 Å². The molecule has 0 unspecified atom stereocenters. The Balaban J connectivity index is 2.20. The van der Waals surface area contributed by atoms with Crippen molar-refractivity contribution >= 4 is 10.9 Å². The summed E-state index contributed by atoms with van der Waals surface area (Å²) in [5.41, 5.74) is 3.35. The van der Waals surface area contributed by atoms with Gasteiger partial charge < -0.3 is 0 Å². The van der Waals surface area contributed by atoms with E-state index < -0.39 is 0 Å². The summed E-state index contributed by atoms with van der Waals surface area (Å²) in [6.07, 6.45) is 0.674. The van der Waals surface area contributed by atoms with Gasteiger partial charge in [0.2, 0.25) is 0 Å². The van der Waals surface area contributed by atoms with E-state index in [4.69, 9.17) is 0 Å². The fourth-order valence-electron chi connectivity index (χ4n) is 2.40. The molecule has 0 amide bonds. The molecule has 3 aromatic rings. The number of hydrogen-bond donors (Lipinski definition) is 1. The van der Waals surface area contributed by atoms with Gasteiger partial charge in [0.05, 0.1) is 22.3 Å². The van der Waals surface area contributed by atoms with Gasteiger partial charge in [-0.2, -0.15) is 10.2 Å². The van der Waals surface area contributed by atoms with E-state index in [1.165, 1.54) is 0 Å². The van der Waals surface area contributed by atoms with Crippen LogP contribution in [0.1, 0.15) is 17.0 Å². The molecule has 2 heterocycles. The molecule has 96 valence electrons. The van der Waals surface area contributed by atoms with E-state index in [0.29, 0.717) is 11.8 Å². The molecule has 0 saturated carbocycles. The zero-order chi connectivity index (χ0) is 13.4. The Morgan fingerprint density at radius 2 is 2.00 bits per heavy atom. The maximum absolute atomic E-state index is 11.8. The van der Waals surface area contributed by atoms with E-state index in [0.717, 1.165) is 22.5 Å². The Labute approximate surface area is 109 Å². The Morgan fingerprint density at radius 3 is 2.74 bits per heavy atom. The van der Waals surface area contributed by atoms with Crippen LogP contribution in [0.2, 0.25) is 0 Å². The second-order valence-electron chi connectivity index (χ2n) is 4.59. The molecule has 19 heavy (non-hydrogen) atoms. The van der Waals surface area contributed by atoms with Crippen LogP contribution in [0.15, 0.2) is 35.1 Å². The van der Waals surface area contributed by atoms with Gasteiger partial charge >= 0.3 is 0 Å². The minimum atomic E-state index is -0.183. The third kappa shape index (κ3) is 1.93. The first-order valence-corrected chi connectivity index (χ1v) is 6.11. The number of fused-ring (bicyclic) bond motifs is 1. The lowest BCUT2D eigenvalue weighted by Crippen LogP contribution is -2.12. The van der Waals surface area contributed by atoms with Crippen LogP contribution in [0.4, 0.5) is 0 Å². The molecule has 3 rings (SSSR count). The van der Waals surface area contributed by atoms with Crippen molar-refractivity contribution in [1.29, 1.82) is 0 Å². The largest absolute Gasteiger partial charge is 0.275 e. The van der Waals surface area contributed by atoms with Gasteiger partial charge in [0, 0.05) is 13.5 Å². The molecule has 0 saturated heterocycles. The number of aromatic nitrogens is 4. The summed E-state index contributed by atoms with van der Waals surface area (Å²) in [5, 5.41) is 11.7. The number of nitrogens with zero attached hydrogens (tertiary/aromatic N) is 3. The molecule has 0 radical (unpaired) electrons. The van der Waals surface area contributed by atoms with Crippen molar-refractivity contribution in [3.05, 3.63) is 57.6 Å². The fraction of sp³-hybridized carbons (Fsp3) is 0.214. The molecule has 0 bridgehead atoms. The van der Waals surface area contributed by atoms with Gasteiger partial charge in [-0.15, -0.1) is 0 Å². The first-order valence-electron chi connectivity index (χ1n) is 6.11. The summed E-state index contributed by atoms with van der Waals surface area (Å²) in [4.78, 5) is 11.8. The Morgan fingerprint density at radius 1 is 1.26 bits per heavy atom. The average Bonchev–Trinajstić information content (AvgIpc) is 2.71. The Kier molecular flexibility index (Phi) is 2.67. The van der Waals surface area contributed by atoms with E-state index in [1.54, 1.807) is 4.68 Å². The normalized spacial score (nSPS) is 11.1. The number of hydrogen-bond acceptors (Lipinski definition) is 3. The van der Waals surface area contributed by atoms with E-state index in [9.17, 15) is 4.79 Å². The van der Waals surface area contributed by atoms with Crippen molar-refractivity contribution < 1.29 is 0 Å². The zero-order valence-electron chi connectivity index (χ0n) is 10.8. The van der Waals surface area contributed by atoms with E-state index in [-0.39, 0.29) is 5.56 Å². The zero-order valence-corrected chi connectivity index (χ0v) is 10.8. The Hall–Kier alpha value is -2.43. The predicted molar refractivity (Wildman–Crippen MR) is 73.1 cm³/mol. The number of H-pyrrole nitrogens is 1. The van der Waals surface area contributed by atoms with Crippen LogP contribution < -0.4 is 5.56 Å². The third-order valence-electron chi connectivity index (χ3n) is 3.23. The SMILES string of the molecule is Cc1nn(C)c2c(Cc3ccccc3)n[nH]c(=O)c12. The minimum absolute atomic E-state index is 0.183. The highest BCUT2D eigenvalue weighted by Gasteiger charge is 2.14. The summed E-state index contributed by atoms with van der Waals surface area (Å²) in [6, 6.07) is 10.1. The fourth-order valence-corrected chi connectivity index (χ4v) is 2.40. The van der Waals surface area contributed by atoms with Crippen molar-refractivity contribution in [3.63, 3.8) is 0 Å². The van der Waals surface area contributed by atoms with Gasteiger partial charge in [-0.25, -0.2) is 5.10 Å². The van der Waals surface area contributed by atoms with Crippen LogP contribution in [-0.4, -0.2) is 20.0 Å². The van der Waals surface area contributed by atoms with Crippen LogP contribution in [0.25, 0.3) is 10.9 Å². The first kappa shape index (κ1) is 11.6. The summed E-state index contributed by atoms with van der Waals surface area (Å²) in [5.74, 6) is 0. The van der Waals surface area contributed by atoms with Crippen LogP contribution in [0.5, 0.6) is 0 Å². The maximum atomic E-state index is 11.8. The average molecular weight is 254 g/mol. The number of aromatic amines is 1. The molecule has 0 spiro atoms. The standard InChI is InChI=1S/C14H14N4O/c1-9-12-13(18(2)17-9)11(15-16-14(12)19)8-10-6-4-3-5-7-10/h3-7H,8H2,1-2H3,(H,16,19). The predicted octanol–water partition coefficient (Wildman–Crippen LogP) is 1.56. The molecule has 0 aliphatic heterocycles. The maximum Gasteiger partial charge on any atom is 0.275 e. The van der Waals surface area contributed by atoms with Crippen LogP contribution in [-0.2, 0) is 13.5 Å². The molecule has 1 aromatic carbocycles. The number of aryl methyl sites for hydroxylation is 2. The van der Waals surface area contributed by atoms with E-state index >= 15 is 0 Å². The van der Waals surface area contributed by atoms with Gasteiger partial charge in [-0.1, -0.05) is 30.3 Å². The summed E-state index contributed by atoms with van der Waals surface area (Å²) >= 11 is 0. The second kappa shape index (κ2) is 4.35. The number of benzene rings is 1. The quantitative estimate of drug-likeness (QED) is 0.754. The highest BCUT2D eigenvalue weighted by Crippen LogP contribution is 2.18. The summed E-state index contributed by atoms with van der Waals surface area (Å²) < 4.78 is 1.73. The van der Waals surface area contributed by atoms with Crippen LogP contribution >= 0.6 is 0 Å². The topological polar surface area (TPSA) is 63.6 Å². The lowest BCUT2D eigenvalue weighted by Gasteiger charge is -2.03. The molecule has 0 aliphatic rings. The van der Waals surface area contributed by atoms with Gasteiger partial charge in [0.25, 0.3) is 5.56 Å². The lowest BCUT2D eigenvalue weighted by atomic mass is 10.1. The minimum Gasteiger partial charge on any atom is -0.267 e. The monoisotopic (exact) mass is 254 g/mol. The van der Waals surface area contributed by atoms with Gasteiger partial charge in [0.1, 0.15) is 0 Å². The Bertz CT molecular complexity index is 786. The smallest absolute Gasteiger partial charge is 0.267 e.